The summed E-state index contributed by atoms with van der Waals surface area (Å²) in [6.45, 7) is 14.8. The Morgan fingerprint density at radius 2 is 2.08 bits per heavy atom. The van der Waals surface area contributed by atoms with Crippen LogP contribution in [0.3, 0.4) is 0 Å². The summed E-state index contributed by atoms with van der Waals surface area (Å²) >= 11 is 0. The van der Waals surface area contributed by atoms with Crippen LogP contribution < -0.4 is 5.43 Å². The monoisotopic (exact) mass is 376 g/mol. The number of nitrogens with zero attached hydrogens (tertiary/aromatic N) is 1. The lowest BCUT2D eigenvalue weighted by Gasteiger charge is -2.37. The lowest BCUT2D eigenvalue weighted by Crippen LogP contribution is -2.48. The number of rotatable bonds is 6. The normalized spacial score (nSPS) is 32.6. The van der Waals surface area contributed by atoms with Crippen LogP contribution in [0.1, 0.15) is 51.7 Å². The number of hydrogen-bond donors (Lipinski definition) is 1. The van der Waals surface area contributed by atoms with E-state index in [0.717, 1.165) is 17.4 Å². The Bertz CT molecular complexity index is 606. The average molecular weight is 377 g/mol. The van der Waals surface area contributed by atoms with Gasteiger partial charge in [-0.15, -0.1) is 0 Å². The van der Waals surface area contributed by atoms with Gasteiger partial charge < -0.3 is 14.6 Å². The van der Waals surface area contributed by atoms with Crippen molar-refractivity contribution in [3.63, 3.8) is 0 Å². The fourth-order valence-corrected chi connectivity index (χ4v) is 6.41. The molecule has 0 spiro atoms. The van der Waals surface area contributed by atoms with Gasteiger partial charge in [-0.05, 0) is 42.7 Å². The van der Waals surface area contributed by atoms with Crippen molar-refractivity contribution in [1.82, 2.24) is 5.43 Å². The van der Waals surface area contributed by atoms with Gasteiger partial charge in [-0.2, -0.15) is 5.10 Å². The minimum absolute atomic E-state index is 0.204. The summed E-state index contributed by atoms with van der Waals surface area (Å²) in [5.41, 5.74) is 4.89. The Balaban J connectivity index is 1.72. The molecule has 1 aromatic heterocycles. The second-order valence-electron chi connectivity index (χ2n) is 9.74. The van der Waals surface area contributed by atoms with E-state index in [1.807, 2.05) is 6.07 Å². The Hall–Kier alpha value is -1.07. The summed E-state index contributed by atoms with van der Waals surface area (Å²) in [6, 6.07) is 4.06. The minimum Gasteiger partial charge on any atom is -0.469 e. The van der Waals surface area contributed by atoms with Gasteiger partial charge in [0, 0.05) is 0 Å². The zero-order valence-corrected chi connectivity index (χ0v) is 18.3. The standard InChI is InChI=1S/C21H36N2O2Si/c1-14(2)16-10-9-15(3)12-19(16)25-13-17-20(18-8-7-11-24-18)21(23-22-17)26(4,5)6/h7-8,11,14-16,19-21,23H,9-10,12-13H2,1-6H3/t15-,16+,19-,20+,21+/m1/s1. The third kappa shape index (κ3) is 4.25. The Labute approximate surface area is 159 Å². The Morgan fingerprint density at radius 1 is 1.31 bits per heavy atom. The molecule has 0 radical (unpaired) electrons. The Morgan fingerprint density at radius 3 is 2.69 bits per heavy atom. The molecular weight excluding hydrogens is 340 g/mol. The predicted molar refractivity (Wildman–Crippen MR) is 110 cm³/mol. The molecule has 5 atom stereocenters. The highest BCUT2D eigenvalue weighted by Crippen LogP contribution is 2.36. The van der Waals surface area contributed by atoms with Crippen LogP contribution in [0.2, 0.25) is 19.6 Å². The highest BCUT2D eigenvalue weighted by Gasteiger charge is 2.43. The fraction of sp³-hybridized carbons (Fsp3) is 0.762. The molecule has 2 aliphatic rings. The van der Waals surface area contributed by atoms with Crippen LogP contribution in [0, 0.1) is 17.8 Å². The van der Waals surface area contributed by atoms with E-state index in [1.54, 1.807) is 6.26 Å². The van der Waals surface area contributed by atoms with E-state index in [0.29, 0.717) is 30.2 Å². The molecule has 1 aliphatic heterocycles. The quantitative estimate of drug-likeness (QED) is 0.707. The maximum atomic E-state index is 6.50. The summed E-state index contributed by atoms with van der Waals surface area (Å²) in [7, 11) is -1.44. The molecule has 0 saturated heterocycles. The molecular formula is C21H36N2O2Si. The van der Waals surface area contributed by atoms with Gasteiger partial charge in [0.15, 0.2) is 0 Å². The van der Waals surface area contributed by atoms with Gasteiger partial charge in [-0.3, -0.25) is 0 Å². The molecule has 3 rings (SSSR count). The molecule has 0 unspecified atom stereocenters. The smallest absolute Gasteiger partial charge is 0.114 e. The Kier molecular flexibility index (Phi) is 5.97. The van der Waals surface area contributed by atoms with E-state index in [1.165, 1.54) is 19.3 Å². The van der Waals surface area contributed by atoms with E-state index in [9.17, 15) is 0 Å². The molecule has 5 heteroatoms. The molecule has 1 aromatic rings. The number of furan rings is 1. The third-order valence-electron chi connectivity index (χ3n) is 6.23. The topological polar surface area (TPSA) is 46.8 Å². The van der Waals surface area contributed by atoms with E-state index in [-0.39, 0.29) is 5.92 Å². The molecule has 1 saturated carbocycles. The number of hydrazone groups is 1. The molecule has 2 heterocycles. The second kappa shape index (κ2) is 7.89. The van der Waals surface area contributed by atoms with Crippen molar-refractivity contribution in [3.05, 3.63) is 24.2 Å². The molecule has 146 valence electrons. The second-order valence-corrected chi connectivity index (χ2v) is 15.1. The molecule has 1 aliphatic carbocycles. The minimum atomic E-state index is -1.44. The van der Waals surface area contributed by atoms with Crippen molar-refractivity contribution in [2.45, 2.75) is 77.4 Å². The molecule has 0 aromatic carbocycles. The predicted octanol–water partition coefficient (Wildman–Crippen LogP) is 5.05. The first kappa shape index (κ1) is 19.7. The van der Waals surface area contributed by atoms with Gasteiger partial charge >= 0.3 is 0 Å². The molecule has 0 bridgehead atoms. The maximum Gasteiger partial charge on any atom is 0.114 e. The maximum absolute atomic E-state index is 6.50. The van der Waals surface area contributed by atoms with Gasteiger partial charge in [0.25, 0.3) is 0 Å². The summed E-state index contributed by atoms with van der Waals surface area (Å²) < 4.78 is 12.3. The SMILES string of the molecule is CC(C)[C@@H]1CC[C@@H](C)C[C@H]1OCC1=NN[C@@H]([Si](C)(C)C)[C@@H]1c1ccco1. The van der Waals surface area contributed by atoms with Crippen molar-refractivity contribution in [2.24, 2.45) is 22.9 Å². The molecule has 0 amide bonds. The van der Waals surface area contributed by atoms with Crippen LogP contribution in [-0.4, -0.2) is 32.2 Å². The van der Waals surface area contributed by atoms with Gasteiger partial charge in [0.2, 0.25) is 0 Å². The van der Waals surface area contributed by atoms with Crippen molar-refractivity contribution in [2.75, 3.05) is 6.61 Å². The first-order chi connectivity index (χ1) is 12.3. The van der Waals surface area contributed by atoms with Crippen LogP contribution >= 0.6 is 0 Å². The summed E-state index contributed by atoms with van der Waals surface area (Å²) in [5.74, 6) is 3.31. The van der Waals surface area contributed by atoms with Crippen molar-refractivity contribution in [1.29, 1.82) is 0 Å². The highest BCUT2D eigenvalue weighted by atomic mass is 28.3. The lowest BCUT2D eigenvalue weighted by molar-refractivity contribution is -0.0224. The number of nitrogens with one attached hydrogen (secondary N) is 1. The molecule has 1 fully saturated rings. The van der Waals surface area contributed by atoms with Crippen LogP contribution in [0.5, 0.6) is 0 Å². The number of ether oxygens (including phenoxy) is 1. The molecule has 1 N–H and O–H groups in total. The van der Waals surface area contributed by atoms with Crippen LogP contribution in [0.25, 0.3) is 0 Å². The van der Waals surface area contributed by atoms with Gasteiger partial charge in [0.05, 0.1) is 44.3 Å². The van der Waals surface area contributed by atoms with Gasteiger partial charge in [0.1, 0.15) is 5.76 Å². The molecule has 26 heavy (non-hydrogen) atoms. The summed E-state index contributed by atoms with van der Waals surface area (Å²) in [4.78, 5) is 0. The number of hydrogen-bond acceptors (Lipinski definition) is 4. The van der Waals surface area contributed by atoms with E-state index in [2.05, 4.69) is 51.9 Å². The first-order valence-electron chi connectivity index (χ1n) is 10.2. The zero-order valence-electron chi connectivity index (χ0n) is 17.3. The van der Waals surface area contributed by atoms with E-state index in [4.69, 9.17) is 14.3 Å². The molecule has 4 nitrogen and oxygen atoms in total. The third-order valence-corrected chi connectivity index (χ3v) is 8.56. The highest BCUT2D eigenvalue weighted by molar-refractivity contribution is 6.78. The largest absolute Gasteiger partial charge is 0.469 e. The van der Waals surface area contributed by atoms with Gasteiger partial charge in [-0.25, -0.2) is 0 Å². The zero-order chi connectivity index (χ0) is 18.9. The van der Waals surface area contributed by atoms with Crippen LogP contribution in [-0.2, 0) is 4.74 Å². The van der Waals surface area contributed by atoms with Gasteiger partial charge in [-0.1, -0.05) is 46.8 Å². The first-order valence-corrected chi connectivity index (χ1v) is 13.8. The fourth-order valence-electron chi connectivity index (χ4n) is 4.60. The lowest BCUT2D eigenvalue weighted by atomic mass is 9.75. The van der Waals surface area contributed by atoms with Crippen molar-refractivity contribution in [3.8, 4) is 0 Å². The average Bonchev–Trinajstić information content (AvgIpc) is 3.21. The van der Waals surface area contributed by atoms with Crippen LogP contribution in [0.4, 0.5) is 0 Å². The van der Waals surface area contributed by atoms with E-state index < -0.39 is 8.07 Å². The van der Waals surface area contributed by atoms with Crippen molar-refractivity contribution >= 4 is 13.8 Å². The van der Waals surface area contributed by atoms with E-state index >= 15 is 0 Å². The summed E-state index contributed by atoms with van der Waals surface area (Å²) in [6.07, 6.45) is 5.91. The van der Waals surface area contributed by atoms with Crippen molar-refractivity contribution < 1.29 is 9.15 Å². The summed E-state index contributed by atoms with van der Waals surface area (Å²) in [5, 5.41) is 4.71. The van der Waals surface area contributed by atoms with Crippen LogP contribution in [0.15, 0.2) is 27.9 Å².